The molecule has 1 heterocycles. The van der Waals surface area contributed by atoms with Crippen LogP contribution in [0.3, 0.4) is 0 Å². The first-order valence-corrected chi connectivity index (χ1v) is 8.41. The predicted molar refractivity (Wildman–Crippen MR) is 87.3 cm³/mol. The second kappa shape index (κ2) is 7.85. The lowest BCUT2D eigenvalue weighted by molar-refractivity contribution is -0.121. The molecule has 6 heteroatoms. The minimum absolute atomic E-state index is 0.139. The van der Waals surface area contributed by atoms with E-state index in [4.69, 9.17) is 0 Å². The van der Waals surface area contributed by atoms with Crippen molar-refractivity contribution in [2.24, 2.45) is 5.92 Å². The Morgan fingerprint density at radius 2 is 2.13 bits per heavy atom. The van der Waals surface area contributed by atoms with E-state index in [9.17, 15) is 4.79 Å². The predicted octanol–water partition coefficient (Wildman–Crippen LogP) is 2.84. The zero-order valence-corrected chi connectivity index (χ0v) is 13.3. The number of aromatic nitrogens is 4. The lowest BCUT2D eigenvalue weighted by atomic mass is 9.86. The number of aromatic amines is 1. The summed E-state index contributed by atoms with van der Waals surface area (Å²) in [5.74, 6) is 1.45. The summed E-state index contributed by atoms with van der Waals surface area (Å²) in [4.78, 5) is 12.0. The van der Waals surface area contributed by atoms with Gasteiger partial charge in [-0.1, -0.05) is 50.3 Å². The number of nitrogens with zero attached hydrogens (tertiary/aromatic N) is 3. The molecular formula is C17H23N5O. The van der Waals surface area contributed by atoms with Crippen LogP contribution in [-0.4, -0.2) is 26.5 Å². The summed E-state index contributed by atoms with van der Waals surface area (Å²) in [5.41, 5.74) is 1.94. The summed E-state index contributed by atoms with van der Waals surface area (Å²) in [5, 5.41) is 17.0. The molecule has 1 aliphatic rings. The van der Waals surface area contributed by atoms with Crippen LogP contribution in [0.1, 0.15) is 50.5 Å². The molecular weight excluding hydrogens is 290 g/mol. The highest BCUT2D eigenvalue weighted by Crippen LogP contribution is 2.27. The van der Waals surface area contributed by atoms with Gasteiger partial charge >= 0.3 is 0 Å². The van der Waals surface area contributed by atoms with Crippen LogP contribution >= 0.6 is 0 Å². The van der Waals surface area contributed by atoms with E-state index < -0.39 is 0 Å². The van der Waals surface area contributed by atoms with Crippen LogP contribution in [0.15, 0.2) is 24.3 Å². The molecule has 1 saturated carbocycles. The normalized spacial score (nSPS) is 15.5. The molecule has 1 aliphatic carbocycles. The highest BCUT2D eigenvalue weighted by Gasteiger charge is 2.14. The Labute approximate surface area is 136 Å². The van der Waals surface area contributed by atoms with Crippen molar-refractivity contribution in [3.8, 4) is 11.4 Å². The molecule has 1 fully saturated rings. The highest BCUT2D eigenvalue weighted by atomic mass is 16.1. The first-order chi connectivity index (χ1) is 11.3. The third-order valence-electron chi connectivity index (χ3n) is 4.52. The Hall–Kier alpha value is -2.24. The molecule has 3 rings (SSSR count). The van der Waals surface area contributed by atoms with Gasteiger partial charge in [-0.05, 0) is 29.2 Å². The number of carbonyl (C=O) groups excluding carboxylic acids is 1. The maximum Gasteiger partial charge on any atom is 0.220 e. The lowest BCUT2D eigenvalue weighted by Crippen LogP contribution is -2.23. The number of rotatable bonds is 6. The fourth-order valence-electron chi connectivity index (χ4n) is 3.20. The van der Waals surface area contributed by atoms with Crippen LogP contribution in [0.2, 0.25) is 0 Å². The molecule has 1 aromatic heterocycles. The summed E-state index contributed by atoms with van der Waals surface area (Å²) in [6, 6.07) is 7.84. The molecule has 1 aromatic carbocycles. The summed E-state index contributed by atoms with van der Waals surface area (Å²) in [6.07, 6.45) is 8.26. The monoisotopic (exact) mass is 313 g/mol. The van der Waals surface area contributed by atoms with E-state index in [-0.39, 0.29) is 5.91 Å². The number of hydrogen-bond acceptors (Lipinski definition) is 4. The molecule has 0 atom stereocenters. The summed E-state index contributed by atoms with van der Waals surface area (Å²) < 4.78 is 0. The Morgan fingerprint density at radius 1 is 1.26 bits per heavy atom. The average Bonchev–Trinajstić information content (AvgIpc) is 3.14. The third kappa shape index (κ3) is 4.61. The van der Waals surface area contributed by atoms with E-state index in [0.717, 1.165) is 23.5 Å². The van der Waals surface area contributed by atoms with Crippen LogP contribution in [0.5, 0.6) is 0 Å². The third-order valence-corrected chi connectivity index (χ3v) is 4.52. The zero-order chi connectivity index (χ0) is 15.9. The topological polar surface area (TPSA) is 83.6 Å². The number of benzene rings is 1. The smallest absolute Gasteiger partial charge is 0.220 e. The largest absolute Gasteiger partial charge is 0.352 e. The van der Waals surface area contributed by atoms with Gasteiger partial charge < -0.3 is 5.32 Å². The standard InChI is InChI=1S/C17H23N5O/c23-16(10-9-13-5-2-1-3-6-13)18-12-14-7-4-8-15(11-14)17-19-21-22-20-17/h4,7-8,11,13H,1-3,5-6,9-10,12H2,(H,18,23)(H,19,20,21,22). The van der Waals surface area contributed by atoms with Crippen LogP contribution in [0, 0.1) is 5.92 Å². The quantitative estimate of drug-likeness (QED) is 0.859. The van der Waals surface area contributed by atoms with E-state index >= 15 is 0 Å². The molecule has 2 N–H and O–H groups in total. The Morgan fingerprint density at radius 3 is 2.91 bits per heavy atom. The highest BCUT2D eigenvalue weighted by molar-refractivity contribution is 5.75. The van der Waals surface area contributed by atoms with Gasteiger partial charge in [0.1, 0.15) is 0 Å². The molecule has 0 spiro atoms. The number of tetrazole rings is 1. The maximum absolute atomic E-state index is 12.0. The van der Waals surface area contributed by atoms with Crippen molar-refractivity contribution in [2.75, 3.05) is 0 Å². The minimum atomic E-state index is 0.139. The second-order valence-electron chi connectivity index (χ2n) is 6.26. The first kappa shape index (κ1) is 15.6. The van der Waals surface area contributed by atoms with E-state index in [1.165, 1.54) is 32.1 Å². The number of hydrogen-bond donors (Lipinski definition) is 2. The molecule has 23 heavy (non-hydrogen) atoms. The van der Waals surface area contributed by atoms with Crippen molar-refractivity contribution in [3.63, 3.8) is 0 Å². The van der Waals surface area contributed by atoms with Crippen molar-refractivity contribution >= 4 is 5.91 Å². The van der Waals surface area contributed by atoms with Gasteiger partial charge in [-0.2, -0.15) is 5.21 Å². The molecule has 0 radical (unpaired) electrons. The van der Waals surface area contributed by atoms with Gasteiger partial charge in [0, 0.05) is 18.5 Å². The van der Waals surface area contributed by atoms with Gasteiger partial charge in [0.05, 0.1) is 0 Å². The fourth-order valence-corrected chi connectivity index (χ4v) is 3.20. The Balaban J connectivity index is 1.46. The molecule has 0 unspecified atom stereocenters. The molecule has 122 valence electrons. The molecule has 2 aromatic rings. The van der Waals surface area contributed by atoms with Crippen LogP contribution < -0.4 is 5.32 Å². The summed E-state index contributed by atoms with van der Waals surface area (Å²) in [6.45, 7) is 0.537. The fraction of sp³-hybridized carbons (Fsp3) is 0.529. The second-order valence-corrected chi connectivity index (χ2v) is 6.26. The molecule has 0 aliphatic heterocycles. The lowest BCUT2D eigenvalue weighted by Gasteiger charge is -2.21. The van der Waals surface area contributed by atoms with E-state index in [2.05, 4.69) is 25.9 Å². The Kier molecular flexibility index (Phi) is 5.34. The maximum atomic E-state index is 12.0. The van der Waals surface area contributed by atoms with Crippen molar-refractivity contribution in [2.45, 2.75) is 51.5 Å². The zero-order valence-electron chi connectivity index (χ0n) is 13.3. The first-order valence-electron chi connectivity index (χ1n) is 8.41. The minimum Gasteiger partial charge on any atom is -0.352 e. The van der Waals surface area contributed by atoms with Gasteiger partial charge in [0.2, 0.25) is 11.7 Å². The van der Waals surface area contributed by atoms with Gasteiger partial charge in [-0.3, -0.25) is 4.79 Å². The van der Waals surface area contributed by atoms with E-state index in [0.29, 0.717) is 18.8 Å². The molecule has 1 amide bonds. The van der Waals surface area contributed by atoms with E-state index in [1.54, 1.807) is 0 Å². The van der Waals surface area contributed by atoms with Crippen molar-refractivity contribution < 1.29 is 4.79 Å². The van der Waals surface area contributed by atoms with Gasteiger partial charge in [0.25, 0.3) is 0 Å². The van der Waals surface area contributed by atoms with Gasteiger partial charge in [0.15, 0.2) is 0 Å². The van der Waals surface area contributed by atoms with Crippen LogP contribution in [0.25, 0.3) is 11.4 Å². The van der Waals surface area contributed by atoms with Crippen LogP contribution in [0.4, 0.5) is 0 Å². The number of H-pyrrole nitrogens is 1. The number of carbonyl (C=O) groups is 1. The molecule has 0 saturated heterocycles. The Bertz CT molecular complexity index is 620. The number of nitrogens with one attached hydrogen (secondary N) is 2. The van der Waals surface area contributed by atoms with Gasteiger partial charge in [-0.25, -0.2) is 0 Å². The number of amides is 1. The summed E-state index contributed by atoms with van der Waals surface area (Å²) >= 11 is 0. The molecule has 6 nitrogen and oxygen atoms in total. The van der Waals surface area contributed by atoms with Crippen molar-refractivity contribution in [1.82, 2.24) is 25.9 Å². The SMILES string of the molecule is O=C(CCC1CCCCC1)NCc1cccc(-c2nn[nH]n2)c1. The average molecular weight is 313 g/mol. The van der Waals surface area contributed by atoms with Crippen molar-refractivity contribution in [3.05, 3.63) is 29.8 Å². The van der Waals surface area contributed by atoms with Crippen molar-refractivity contribution in [1.29, 1.82) is 0 Å². The van der Waals surface area contributed by atoms with Gasteiger partial charge in [-0.15, -0.1) is 10.2 Å². The van der Waals surface area contributed by atoms with E-state index in [1.807, 2.05) is 24.3 Å². The van der Waals surface area contributed by atoms with Crippen LogP contribution in [-0.2, 0) is 11.3 Å². The molecule has 0 bridgehead atoms. The summed E-state index contributed by atoms with van der Waals surface area (Å²) in [7, 11) is 0.